The summed E-state index contributed by atoms with van der Waals surface area (Å²) in [5.41, 5.74) is -0.794. The molecule has 11 heteroatoms. The number of thioether (sulfide) groups is 1. The number of amides is 2. The van der Waals surface area contributed by atoms with Crippen LogP contribution in [0.15, 0.2) is 23.1 Å². The number of carbonyl (C=O) groups excluding carboxylic acids is 2. The van der Waals surface area contributed by atoms with Crippen molar-refractivity contribution in [1.29, 1.82) is 0 Å². The maximum absolute atomic E-state index is 12.8. The zero-order valence-corrected chi connectivity index (χ0v) is 15.9. The number of sulfone groups is 1. The van der Waals surface area contributed by atoms with Gasteiger partial charge in [0.1, 0.15) is 0 Å². The number of halogens is 3. The van der Waals surface area contributed by atoms with Crippen LogP contribution in [0.3, 0.4) is 0 Å². The molecule has 0 aliphatic carbocycles. The zero-order chi connectivity index (χ0) is 20.0. The lowest BCUT2D eigenvalue weighted by Crippen LogP contribution is -2.41. The fourth-order valence-corrected chi connectivity index (χ4v) is 5.90. The Hall–Kier alpha value is -1.75. The minimum atomic E-state index is -4.51. The van der Waals surface area contributed by atoms with Crippen molar-refractivity contribution in [3.8, 4) is 0 Å². The molecule has 1 N–H and O–H groups in total. The molecule has 0 aromatic heterocycles. The summed E-state index contributed by atoms with van der Waals surface area (Å²) in [6, 6.07) is 2.65. The summed E-state index contributed by atoms with van der Waals surface area (Å²) in [6.07, 6.45) is -4.32. The summed E-state index contributed by atoms with van der Waals surface area (Å²) in [4.78, 5) is 26.5. The fourth-order valence-electron chi connectivity index (χ4n) is 3.05. The highest BCUT2D eigenvalue weighted by Gasteiger charge is 2.37. The Bertz CT molecular complexity index is 886. The van der Waals surface area contributed by atoms with Crippen molar-refractivity contribution >= 4 is 39.1 Å². The lowest BCUT2D eigenvalue weighted by molar-refractivity contribution is -0.137. The number of hydrogen-bond donors (Lipinski definition) is 1. The first kappa shape index (κ1) is 20.0. The molecule has 6 nitrogen and oxygen atoms in total. The Balaban J connectivity index is 1.69. The predicted octanol–water partition coefficient (Wildman–Crippen LogP) is 2.15. The van der Waals surface area contributed by atoms with Crippen LogP contribution >= 0.6 is 11.8 Å². The molecule has 2 atom stereocenters. The molecular formula is C16H17F3N2O4S2. The Labute approximate surface area is 158 Å². The Morgan fingerprint density at radius 1 is 1.37 bits per heavy atom. The molecule has 1 saturated heterocycles. The SMILES string of the molecule is CN(C(=O)C[C@@H]1Sc2ccc(C(F)(F)F)cc2NC1=O)[C@@H]1CCS(=O)(=O)C1. The molecule has 1 aromatic rings. The first-order chi connectivity index (χ1) is 12.5. The van der Waals surface area contributed by atoms with Crippen LogP contribution in [0.25, 0.3) is 0 Å². The van der Waals surface area contributed by atoms with E-state index in [2.05, 4.69) is 5.32 Å². The second-order valence-corrected chi connectivity index (χ2v) is 10.0. The van der Waals surface area contributed by atoms with E-state index in [1.807, 2.05) is 0 Å². The Kier molecular flexibility index (Phi) is 5.19. The highest BCUT2D eigenvalue weighted by molar-refractivity contribution is 8.01. The molecule has 2 aliphatic heterocycles. The van der Waals surface area contributed by atoms with E-state index >= 15 is 0 Å². The summed E-state index contributed by atoms with van der Waals surface area (Å²) in [6.45, 7) is 0. The summed E-state index contributed by atoms with van der Waals surface area (Å²) < 4.78 is 61.5. The molecule has 0 saturated carbocycles. The number of anilines is 1. The van der Waals surface area contributed by atoms with Crippen molar-refractivity contribution in [1.82, 2.24) is 4.90 Å². The third kappa shape index (κ3) is 4.40. The number of alkyl halides is 3. The first-order valence-corrected chi connectivity index (χ1v) is 10.8. The molecule has 1 fully saturated rings. The van der Waals surface area contributed by atoms with E-state index in [0.29, 0.717) is 11.3 Å². The lowest BCUT2D eigenvalue weighted by atomic mass is 10.1. The average Bonchev–Trinajstić information content (AvgIpc) is 2.93. The molecule has 3 rings (SSSR count). The van der Waals surface area contributed by atoms with Crippen LogP contribution in [0.1, 0.15) is 18.4 Å². The summed E-state index contributed by atoms with van der Waals surface area (Å²) in [5.74, 6) is -0.988. The first-order valence-electron chi connectivity index (χ1n) is 8.11. The number of carbonyl (C=O) groups is 2. The number of hydrogen-bond acceptors (Lipinski definition) is 5. The molecule has 0 unspecified atom stereocenters. The van der Waals surface area contributed by atoms with Crippen molar-refractivity contribution in [3.63, 3.8) is 0 Å². The lowest BCUT2D eigenvalue weighted by Gasteiger charge is -2.28. The Morgan fingerprint density at radius 3 is 2.67 bits per heavy atom. The molecule has 2 aliphatic rings. The minimum absolute atomic E-state index is 0.0306. The van der Waals surface area contributed by atoms with Crippen LogP contribution in [0.2, 0.25) is 0 Å². The van der Waals surface area contributed by atoms with Gasteiger partial charge in [-0.1, -0.05) is 0 Å². The minimum Gasteiger partial charge on any atom is -0.342 e. The van der Waals surface area contributed by atoms with Gasteiger partial charge >= 0.3 is 6.18 Å². The van der Waals surface area contributed by atoms with Gasteiger partial charge in [0.15, 0.2) is 9.84 Å². The largest absolute Gasteiger partial charge is 0.416 e. The fraction of sp³-hybridized carbons (Fsp3) is 0.500. The molecule has 0 radical (unpaired) electrons. The third-order valence-electron chi connectivity index (χ3n) is 4.64. The van der Waals surface area contributed by atoms with Crippen molar-refractivity contribution < 1.29 is 31.2 Å². The van der Waals surface area contributed by atoms with Gasteiger partial charge in [0.05, 0.1) is 28.0 Å². The van der Waals surface area contributed by atoms with Crippen LogP contribution in [0.4, 0.5) is 18.9 Å². The number of fused-ring (bicyclic) bond motifs is 1. The molecule has 2 amide bonds. The standard InChI is InChI=1S/C16H17F3N2O4S2/c1-21(10-4-5-27(24,25)8-10)14(22)7-13-15(23)20-11-6-9(16(17,18)19)2-3-12(11)26-13/h2-3,6,10,13H,4-5,7-8H2,1H3,(H,20,23)/t10-,13+/m1/s1. The van der Waals surface area contributed by atoms with E-state index in [0.717, 1.165) is 23.9 Å². The normalized spacial score (nSPS) is 24.2. The van der Waals surface area contributed by atoms with E-state index in [-0.39, 0.29) is 29.5 Å². The van der Waals surface area contributed by atoms with Crippen LogP contribution in [0, 0.1) is 0 Å². The molecule has 0 spiro atoms. The molecule has 0 bridgehead atoms. The van der Waals surface area contributed by atoms with Crippen LogP contribution in [0.5, 0.6) is 0 Å². The molecule has 2 heterocycles. The van der Waals surface area contributed by atoms with Gasteiger partial charge in [0.2, 0.25) is 11.8 Å². The third-order valence-corrected chi connectivity index (χ3v) is 7.66. The van der Waals surface area contributed by atoms with Crippen LogP contribution in [-0.2, 0) is 25.6 Å². The molecular weight excluding hydrogens is 405 g/mol. The number of benzene rings is 1. The van der Waals surface area contributed by atoms with Crippen molar-refractivity contribution in [2.24, 2.45) is 0 Å². The molecule has 27 heavy (non-hydrogen) atoms. The van der Waals surface area contributed by atoms with Gasteiger partial charge in [-0.05, 0) is 24.6 Å². The summed E-state index contributed by atoms with van der Waals surface area (Å²) in [7, 11) is -1.64. The quantitative estimate of drug-likeness (QED) is 0.807. The van der Waals surface area contributed by atoms with Gasteiger partial charge in [-0.2, -0.15) is 13.2 Å². The molecule has 148 valence electrons. The smallest absolute Gasteiger partial charge is 0.342 e. The van der Waals surface area contributed by atoms with E-state index in [9.17, 15) is 31.2 Å². The Morgan fingerprint density at radius 2 is 2.07 bits per heavy atom. The van der Waals surface area contributed by atoms with Gasteiger partial charge in [-0.3, -0.25) is 9.59 Å². The van der Waals surface area contributed by atoms with Gasteiger partial charge in [0, 0.05) is 24.4 Å². The number of nitrogens with zero attached hydrogens (tertiary/aromatic N) is 1. The maximum Gasteiger partial charge on any atom is 0.416 e. The van der Waals surface area contributed by atoms with Gasteiger partial charge in [0.25, 0.3) is 0 Å². The van der Waals surface area contributed by atoms with Gasteiger partial charge < -0.3 is 10.2 Å². The predicted molar refractivity (Wildman–Crippen MR) is 94.2 cm³/mol. The van der Waals surface area contributed by atoms with Gasteiger partial charge in [-0.25, -0.2) is 8.42 Å². The van der Waals surface area contributed by atoms with Crippen molar-refractivity contribution in [2.75, 3.05) is 23.9 Å². The van der Waals surface area contributed by atoms with E-state index in [4.69, 9.17) is 0 Å². The highest BCUT2D eigenvalue weighted by atomic mass is 32.2. The van der Waals surface area contributed by atoms with Crippen LogP contribution < -0.4 is 5.32 Å². The summed E-state index contributed by atoms with van der Waals surface area (Å²) in [5, 5.41) is 1.63. The average molecular weight is 422 g/mol. The van der Waals surface area contributed by atoms with Crippen molar-refractivity contribution in [3.05, 3.63) is 23.8 Å². The monoisotopic (exact) mass is 422 g/mol. The topological polar surface area (TPSA) is 83.6 Å². The summed E-state index contributed by atoms with van der Waals surface area (Å²) >= 11 is 1.03. The highest BCUT2D eigenvalue weighted by Crippen LogP contribution is 2.40. The van der Waals surface area contributed by atoms with Crippen molar-refractivity contribution in [2.45, 2.75) is 35.2 Å². The number of rotatable bonds is 3. The van der Waals surface area contributed by atoms with Gasteiger partial charge in [-0.15, -0.1) is 11.8 Å². The second-order valence-electron chi connectivity index (χ2n) is 6.57. The van der Waals surface area contributed by atoms with E-state index in [1.165, 1.54) is 18.0 Å². The second kappa shape index (κ2) is 7.01. The molecule has 1 aromatic carbocycles. The zero-order valence-electron chi connectivity index (χ0n) is 14.2. The van der Waals surface area contributed by atoms with E-state index < -0.39 is 38.8 Å². The maximum atomic E-state index is 12.8. The van der Waals surface area contributed by atoms with E-state index in [1.54, 1.807) is 0 Å². The van der Waals surface area contributed by atoms with Crippen LogP contribution in [-0.4, -0.2) is 55.0 Å². The number of nitrogens with one attached hydrogen (secondary N) is 1.